The Kier molecular flexibility index (Phi) is 4.46. The highest BCUT2D eigenvalue weighted by Gasteiger charge is 2.22. The maximum Gasteiger partial charge on any atom is 0.259 e. The number of carbonyl (C=O) groups excluding carboxylic acids is 2. The van der Waals surface area contributed by atoms with Crippen LogP contribution in [0.3, 0.4) is 0 Å². The van der Waals surface area contributed by atoms with Gasteiger partial charge in [0.2, 0.25) is 5.91 Å². The van der Waals surface area contributed by atoms with E-state index in [1.807, 2.05) is 6.07 Å². The van der Waals surface area contributed by atoms with Crippen molar-refractivity contribution in [2.75, 3.05) is 23.9 Å². The molecule has 2 aromatic carbocycles. The monoisotopic (exact) mass is 328 g/mol. The first-order valence-electron chi connectivity index (χ1n) is 7.64. The van der Waals surface area contributed by atoms with Gasteiger partial charge >= 0.3 is 0 Å². The van der Waals surface area contributed by atoms with Crippen molar-refractivity contribution in [2.45, 2.75) is 12.8 Å². The van der Waals surface area contributed by atoms with E-state index >= 15 is 0 Å². The van der Waals surface area contributed by atoms with Crippen molar-refractivity contribution >= 4 is 23.2 Å². The molecule has 0 unspecified atom stereocenters. The summed E-state index contributed by atoms with van der Waals surface area (Å²) in [6.07, 6.45) is 1.37. The van der Waals surface area contributed by atoms with Crippen molar-refractivity contribution < 1.29 is 18.7 Å². The van der Waals surface area contributed by atoms with E-state index in [-0.39, 0.29) is 11.5 Å². The van der Waals surface area contributed by atoms with Crippen LogP contribution in [-0.2, 0) is 4.79 Å². The zero-order valence-electron chi connectivity index (χ0n) is 13.2. The van der Waals surface area contributed by atoms with E-state index in [2.05, 4.69) is 5.32 Å². The number of amides is 2. The summed E-state index contributed by atoms with van der Waals surface area (Å²) in [4.78, 5) is 25.9. The zero-order chi connectivity index (χ0) is 17.1. The predicted octanol–water partition coefficient (Wildman–Crippen LogP) is 3.21. The van der Waals surface area contributed by atoms with Gasteiger partial charge in [-0.05, 0) is 42.8 Å². The quantitative estimate of drug-likeness (QED) is 0.937. The standard InChI is InChI=1S/C18H17FN2O3/c1-24-16-8-7-12(19)10-15(16)18(23)20-13-4-2-5-14(11-13)21-9-3-6-17(21)22/h2,4-5,7-8,10-11H,3,6,9H2,1H3,(H,20,23). The van der Waals surface area contributed by atoms with E-state index in [0.29, 0.717) is 24.4 Å². The number of methoxy groups -OCH3 is 1. The first-order valence-corrected chi connectivity index (χ1v) is 7.64. The molecule has 0 radical (unpaired) electrons. The highest BCUT2D eigenvalue weighted by molar-refractivity contribution is 6.06. The van der Waals surface area contributed by atoms with Crippen LogP contribution in [-0.4, -0.2) is 25.5 Å². The third-order valence-corrected chi connectivity index (χ3v) is 3.90. The number of ether oxygens (including phenoxy) is 1. The smallest absolute Gasteiger partial charge is 0.259 e. The summed E-state index contributed by atoms with van der Waals surface area (Å²) in [5.74, 6) is -0.626. The third kappa shape index (κ3) is 3.22. The lowest BCUT2D eigenvalue weighted by atomic mass is 10.1. The number of anilines is 2. The Morgan fingerprint density at radius 3 is 2.79 bits per heavy atom. The normalized spacial score (nSPS) is 13.9. The molecule has 1 fully saturated rings. The molecule has 24 heavy (non-hydrogen) atoms. The Hall–Kier alpha value is -2.89. The number of nitrogens with zero attached hydrogens (tertiary/aromatic N) is 1. The lowest BCUT2D eigenvalue weighted by Crippen LogP contribution is -2.23. The minimum Gasteiger partial charge on any atom is -0.496 e. The molecule has 3 rings (SSSR count). The SMILES string of the molecule is COc1ccc(F)cc1C(=O)Nc1cccc(N2CCCC2=O)c1. The Morgan fingerprint density at radius 1 is 1.25 bits per heavy atom. The van der Waals surface area contributed by atoms with Crippen molar-refractivity contribution in [2.24, 2.45) is 0 Å². The highest BCUT2D eigenvalue weighted by atomic mass is 19.1. The minimum absolute atomic E-state index is 0.0743. The Labute approximate surface area is 139 Å². The lowest BCUT2D eigenvalue weighted by molar-refractivity contribution is -0.117. The topological polar surface area (TPSA) is 58.6 Å². The van der Waals surface area contributed by atoms with E-state index in [0.717, 1.165) is 18.2 Å². The molecule has 0 saturated carbocycles. The molecule has 1 aliphatic heterocycles. The Balaban J connectivity index is 1.82. The van der Waals surface area contributed by atoms with Gasteiger partial charge in [-0.2, -0.15) is 0 Å². The molecule has 6 heteroatoms. The van der Waals surface area contributed by atoms with E-state index in [1.54, 1.807) is 23.1 Å². The molecule has 2 aromatic rings. The van der Waals surface area contributed by atoms with Crippen LogP contribution in [0.5, 0.6) is 5.75 Å². The van der Waals surface area contributed by atoms with Crippen LogP contribution in [0.1, 0.15) is 23.2 Å². The van der Waals surface area contributed by atoms with Crippen molar-refractivity contribution in [1.82, 2.24) is 0 Å². The summed E-state index contributed by atoms with van der Waals surface area (Å²) in [6.45, 7) is 0.675. The number of hydrogen-bond donors (Lipinski definition) is 1. The van der Waals surface area contributed by atoms with Gasteiger partial charge in [-0.15, -0.1) is 0 Å². The number of benzene rings is 2. The van der Waals surface area contributed by atoms with E-state index in [9.17, 15) is 14.0 Å². The van der Waals surface area contributed by atoms with Crippen LogP contribution in [0.15, 0.2) is 42.5 Å². The van der Waals surface area contributed by atoms with Gasteiger partial charge in [0.25, 0.3) is 5.91 Å². The van der Waals surface area contributed by atoms with Gasteiger partial charge in [-0.1, -0.05) is 6.07 Å². The average Bonchev–Trinajstić information content (AvgIpc) is 3.01. The minimum atomic E-state index is -0.516. The molecule has 0 bridgehead atoms. The summed E-state index contributed by atoms with van der Waals surface area (Å²) in [6, 6.07) is 10.8. The maximum atomic E-state index is 13.4. The second-order valence-electron chi connectivity index (χ2n) is 5.50. The van der Waals surface area contributed by atoms with Crippen LogP contribution < -0.4 is 15.0 Å². The van der Waals surface area contributed by atoms with Gasteiger partial charge in [0.15, 0.2) is 0 Å². The molecular weight excluding hydrogens is 311 g/mol. The summed E-state index contributed by atoms with van der Waals surface area (Å²) >= 11 is 0. The van der Waals surface area contributed by atoms with Crippen molar-refractivity contribution in [3.8, 4) is 5.75 Å². The van der Waals surface area contributed by atoms with Gasteiger partial charge in [-0.25, -0.2) is 4.39 Å². The number of carbonyl (C=O) groups is 2. The molecule has 5 nitrogen and oxygen atoms in total. The van der Waals surface area contributed by atoms with Gasteiger partial charge in [-0.3, -0.25) is 9.59 Å². The van der Waals surface area contributed by atoms with E-state index in [4.69, 9.17) is 4.74 Å². The van der Waals surface area contributed by atoms with Crippen molar-refractivity contribution in [1.29, 1.82) is 0 Å². The second-order valence-corrected chi connectivity index (χ2v) is 5.50. The number of nitrogens with one attached hydrogen (secondary N) is 1. The molecule has 1 aliphatic rings. The number of halogens is 1. The maximum absolute atomic E-state index is 13.4. The molecule has 0 spiro atoms. The van der Waals surface area contributed by atoms with Crippen LogP contribution in [0, 0.1) is 5.82 Å². The zero-order valence-corrected chi connectivity index (χ0v) is 13.2. The number of hydrogen-bond acceptors (Lipinski definition) is 3. The molecular formula is C18H17FN2O3. The van der Waals surface area contributed by atoms with E-state index in [1.165, 1.54) is 19.2 Å². The fourth-order valence-electron chi connectivity index (χ4n) is 2.73. The van der Waals surface area contributed by atoms with E-state index < -0.39 is 11.7 Å². The molecule has 124 valence electrons. The molecule has 1 N–H and O–H groups in total. The lowest BCUT2D eigenvalue weighted by Gasteiger charge is -2.17. The highest BCUT2D eigenvalue weighted by Crippen LogP contribution is 2.25. The summed E-state index contributed by atoms with van der Waals surface area (Å²) < 4.78 is 18.5. The van der Waals surface area contributed by atoms with Gasteiger partial charge in [0.05, 0.1) is 12.7 Å². The van der Waals surface area contributed by atoms with Gasteiger partial charge < -0.3 is 15.0 Å². The summed E-state index contributed by atoms with van der Waals surface area (Å²) in [7, 11) is 1.42. The first kappa shape index (κ1) is 16.0. The molecule has 0 aliphatic carbocycles. The van der Waals surface area contributed by atoms with Crippen molar-refractivity contribution in [3.63, 3.8) is 0 Å². The van der Waals surface area contributed by atoms with Crippen LogP contribution >= 0.6 is 0 Å². The van der Waals surface area contributed by atoms with Crippen LogP contribution in [0.25, 0.3) is 0 Å². The Morgan fingerprint density at radius 2 is 2.08 bits per heavy atom. The number of rotatable bonds is 4. The summed E-state index contributed by atoms with van der Waals surface area (Å²) in [5, 5.41) is 2.72. The second kappa shape index (κ2) is 6.70. The predicted molar refractivity (Wildman–Crippen MR) is 88.9 cm³/mol. The fraction of sp³-hybridized carbons (Fsp3) is 0.222. The third-order valence-electron chi connectivity index (χ3n) is 3.90. The fourth-order valence-corrected chi connectivity index (χ4v) is 2.73. The molecule has 0 aromatic heterocycles. The molecule has 0 atom stereocenters. The van der Waals surface area contributed by atoms with Gasteiger partial charge in [0.1, 0.15) is 11.6 Å². The van der Waals surface area contributed by atoms with Crippen molar-refractivity contribution in [3.05, 3.63) is 53.8 Å². The summed E-state index contributed by atoms with van der Waals surface area (Å²) in [5.41, 5.74) is 1.38. The Bertz CT molecular complexity index is 792. The van der Waals surface area contributed by atoms with Gasteiger partial charge in [0, 0.05) is 24.3 Å². The molecule has 1 heterocycles. The molecule has 2 amide bonds. The molecule has 1 saturated heterocycles. The van der Waals surface area contributed by atoms with Crippen LogP contribution in [0.2, 0.25) is 0 Å². The van der Waals surface area contributed by atoms with Crippen LogP contribution in [0.4, 0.5) is 15.8 Å². The largest absolute Gasteiger partial charge is 0.496 e. The first-order chi connectivity index (χ1) is 11.6. The average molecular weight is 328 g/mol.